The molecule has 0 bridgehead atoms. The lowest BCUT2D eigenvalue weighted by Gasteiger charge is -2.11. The fourth-order valence-corrected chi connectivity index (χ4v) is 4.60. The standard InChI is InChI=1S/C12H14ClN3O2S/c13-9-1-2-10-11(5-9)16(12(14)15-10)6-8-3-4-19(17,18)7-8/h1-2,5,8H,3-4,6-7H2,(H2,14,15). The number of imidazole rings is 1. The van der Waals surface area contributed by atoms with Gasteiger partial charge in [-0.2, -0.15) is 0 Å². The van der Waals surface area contributed by atoms with Crippen LogP contribution >= 0.6 is 11.6 Å². The Morgan fingerprint density at radius 2 is 2.26 bits per heavy atom. The van der Waals surface area contributed by atoms with Crippen LogP contribution in [0.25, 0.3) is 11.0 Å². The average Bonchev–Trinajstić information content (AvgIpc) is 2.81. The first-order valence-corrected chi connectivity index (χ1v) is 8.26. The number of rotatable bonds is 2. The van der Waals surface area contributed by atoms with Crippen molar-refractivity contribution in [1.29, 1.82) is 0 Å². The summed E-state index contributed by atoms with van der Waals surface area (Å²) in [6, 6.07) is 5.39. The van der Waals surface area contributed by atoms with E-state index in [9.17, 15) is 8.42 Å². The molecule has 1 atom stereocenters. The van der Waals surface area contributed by atoms with Crippen molar-refractivity contribution in [3.05, 3.63) is 23.2 Å². The van der Waals surface area contributed by atoms with Crippen molar-refractivity contribution < 1.29 is 8.42 Å². The van der Waals surface area contributed by atoms with Gasteiger partial charge in [-0.25, -0.2) is 13.4 Å². The molecular weight excluding hydrogens is 286 g/mol. The minimum Gasteiger partial charge on any atom is -0.369 e. The molecule has 0 aliphatic carbocycles. The van der Waals surface area contributed by atoms with E-state index in [0.717, 1.165) is 11.0 Å². The smallest absolute Gasteiger partial charge is 0.201 e. The maximum atomic E-state index is 11.5. The summed E-state index contributed by atoms with van der Waals surface area (Å²) in [5.74, 6) is 1.00. The largest absolute Gasteiger partial charge is 0.369 e. The number of nitrogen functional groups attached to an aromatic ring is 1. The minimum atomic E-state index is -2.87. The third-order valence-electron chi connectivity index (χ3n) is 3.51. The monoisotopic (exact) mass is 299 g/mol. The van der Waals surface area contributed by atoms with Gasteiger partial charge < -0.3 is 10.3 Å². The van der Waals surface area contributed by atoms with Crippen molar-refractivity contribution in [2.24, 2.45) is 5.92 Å². The Balaban J connectivity index is 1.96. The third kappa shape index (κ3) is 2.42. The molecule has 19 heavy (non-hydrogen) atoms. The summed E-state index contributed by atoms with van der Waals surface area (Å²) in [5, 5.41) is 0.618. The number of fused-ring (bicyclic) bond motifs is 1. The number of hydrogen-bond acceptors (Lipinski definition) is 4. The maximum Gasteiger partial charge on any atom is 0.201 e. The predicted molar refractivity (Wildman–Crippen MR) is 75.9 cm³/mol. The molecule has 0 radical (unpaired) electrons. The molecule has 2 heterocycles. The number of anilines is 1. The summed E-state index contributed by atoms with van der Waals surface area (Å²) in [5.41, 5.74) is 7.54. The second-order valence-electron chi connectivity index (χ2n) is 4.98. The van der Waals surface area contributed by atoms with E-state index in [-0.39, 0.29) is 17.4 Å². The average molecular weight is 300 g/mol. The quantitative estimate of drug-likeness (QED) is 0.915. The summed E-state index contributed by atoms with van der Waals surface area (Å²) in [6.07, 6.45) is 0.683. The number of nitrogens with two attached hydrogens (primary N) is 1. The van der Waals surface area contributed by atoms with Crippen LogP contribution in [0.4, 0.5) is 5.95 Å². The first-order chi connectivity index (χ1) is 8.94. The lowest BCUT2D eigenvalue weighted by atomic mass is 10.1. The van der Waals surface area contributed by atoms with Crippen LogP contribution in [0.1, 0.15) is 6.42 Å². The lowest BCUT2D eigenvalue weighted by molar-refractivity contribution is 0.503. The van der Waals surface area contributed by atoms with Crippen LogP contribution in [0.5, 0.6) is 0 Å². The summed E-state index contributed by atoms with van der Waals surface area (Å²) < 4.78 is 24.8. The van der Waals surface area contributed by atoms with Crippen molar-refractivity contribution in [2.45, 2.75) is 13.0 Å². The van der Waals surface area contributed by atoms with Gasteiger partial charge >= 0.3 is 0 Å². The molecule has 7 heteroatoms. The van der Waals surface area contributed by atoms with Crippen molar-refractivity contribution in [2.75, 3.05) is 17.2 Å². The Morgan fingerprint density at radius 3 is 2.95 bits per heavy atom. The highest BCUT2D eigenvalue weighted by Gasteiger charge is 2.28. The summed E-state index contributed by atoms with van der Waals surface area (Å²) in [7, 11) is -2.87. The second-order valence-corrected chi connectivity index (χ2v) is 7.65. The summed E-state index contributed by atoms with van der Waals surface area (Å²) in [4.78, 5) is 4.27. The summed E-state index contributed by atoms with van der Waals surface area (Å²) >= 11 is 5.98. The van der Waals surface area contributed by atoms with Gasteiger partial charge in [0.25, 0.3) is 0 Å². The van der Waals surface area contributed by atoms with Gasteiger partial charge in [-0.1, -0.05) is 11.6 Å². The molecule has 1 unspecified atom stereocenters. The molecule has 0 saturated carbocycles. The van der Waals surface area contributed by atoms with E-state index in [0.29, 0.717) is 23.9 Å². The molecule has 1 aromatic carbocycles. The topological polar surface area (TPSA) is 78.0 Å². The van der Waals surface area contributed by atoms with Crippen LogP contribution in [0.3, 0.4) is 0 Å². The van der Waals surface area contributed by atoms with Gasteiger partial charge in [-0.15, -0.1) is 0 Å². The fourth-order valence-electron chi connectivity index (χ4n) is 2.58. The zero-order valence-electron chi connectivity index (χ0n) is 10.2. The molecule has 102 valence electrons. The SMILES string of the molecule is Nc1nc2ccc(Cl)cc2n1CC1CCS(=O)(=O)C1. The van der Waals surface area contributed by atoms with Crippen LogP contribution in [-0.2, 0) is 16.4 Å². The number of sulfone groups is 1. The molecule has 1 saturated heterocycles. The van der Waals surface area contributed by atoms with Crippen molar-refractivity contribution >= 4 is 38.4 Å². The van der Waals surface area contributed by atoms with E-state index in [4.69, 9.17) is 17.3 Å². The molecule has 0 spiro atoms. The molecule has 2 N–H and O–H groups in total. The highest BCUT2D eigenvalue weighted by atomic mass is 35.5. The van der Waals surface area contributed by atoms with E-state index in [2.05, 4.69) is 4.98 Å². The Kier molecular flexibility index (Phi) is 2.94. The Labute approximate surface area is 116 Å². The Hall–Kier alpha value is -1.27. The van der Waals surface area contributed by atoms with Gasteiger partial charge in [0, 0.05) is 11.6 Å². The predicted octanol–water partition coefficient (Wildman–Crippen LogP) is 1.71. The lowest BCUT2D eigenvalue weighted by Crippen LogP contribution is -2.14. The van der Waals surface area contributed by atoms with E-state index < -0.39 is 9.84 Å². The normalized spacial score (nSPS) is 22.1. The number of benzene rings is 1. The fraction of sp³-hybridized carbons (Fsp3) is 0.417. The first-order valence-electron chi connectivity index (χ1n) is 6.06. The van der Waals surface area contributed by atoms with Crippen LogP contribution in [-0.4, -0.2) is 29.5 Å². The second kappa shape index (κ2) is 4.38. The zero-order chi connectivity index (χ0) is 13.6. The van der Waals surface area contributed by atoms with Gasteiger partial charge in [-0.3, -0.25) is 0 Å². The van der Waals surface area contributed by atoms with Crippen LogP contribution in [0.15, 0.2) is 18.2 Å². The van der Waals surface area contributed by atoms with Crippen molar-refractivity contribution in [3.8, 4) is 0 Å². The van der Waals surface area contributed by atoms with Crippen LogP contribution in [0, 0.1) is 5.92 Å². The summed E-state index contributed by atoms with van der Waals surface area (Å²) in [6.45, 7) is 0.571. The highest BCUT2D eigenvalue weighted by Crippen LogP contribution is 2.26. The number of aromatic nitrogens is 2. The maximum absolute atomic E-state index is 11.5. The highest BCUT2D eigenvalue weighted by molar-refractivity contribution is 7.91. The number of hydrogen-bond donors (Lipinski definition) is 1. The number of nitrogens with zero attached hydrogens (tertiary/aromatic N) is 2. The molecule has 3 rings (SSSR count). The zero-order valence-corrected chi connectivity index (χ0v) is 11.8. The van der Waals surface area contributed by atoms with Gasteiger partial charge in [0.1, 0.15) is 0 Å². The number of halogens is 1. The van der Waals surface area contributed by atoms with Gasteiger partial charge in [0.15, 0.2) is 9.84 Å². The third-order valence-corrected chi connectivity index (χ3v) is 5.58. The van der Waals surface area contributed by atoms with Gasteiger partial charge in [0.2, 0.25) is 5.95 Å². The van der Waals surface area contributed by atoms with E-state index in [1.807, 2.05) is 16.7 Å². The Morgan fingerprint density at radius 1 is 1.47 bits per heavy atom. The molecule has 0 amide bonds. The van der Waals surface area contributed by atoms with Gasteiger partial charge in [-0.05, 0) is 30.5 Å². The molecule has 1 aliphatic rings. The molecule has 2 aromatic rings. The van der Waals surface area contributed by atoms with E-state index >= 15 is 0 Å². The molecule has 1 aromatic heterocycles. The molecule has 1 fully saturated rings. The van der Waals surface area contributed by atoms with Crippen LogP contribution < -0.4 is 5.73 Å². The first kappa shape index (κ1) is 12.7. The molecule has 5 nitrogen and oxygen atoms in total. The van der Waals surface area contributed by atoms with Crippen molar-refractivity contribution in [1.82, 2.24) is 9.55 Å². The molecular formula is C12H14ClN3O2S. The van der Waals surface area contributed by atoms with E-state index in [1.54, 1.807) is 6.07 Å². The van der Waals surface area contributed by atoms with E-state index in [1.165, 1.54) is 0 Å². The van der Waals surface area contributed by atoms with Crippen LogP contribution in [0.2, 0.25) is 5.02 Å². The Bertz CT molecular complexity index is 739. The van der Waals surface area contributed by atoms with Crippen molar-refractivity contribution in [3.63, 3.8) is 0 Å². The molecule has 1 aliphatic heterocycles. The minimum absolute atomic E-state index is 0.101. The van der Waals surface area contributed by atoms with Gasteiger partial charge in [0.05, 0.1) is 22.5 Å².